The molecule has 0 unspecified atom stereocenters. The summed E-state index contributed by atoms with van der Waals surface area (Å²) in [5, 5.41) is 10.8. The molecular formula is C26H24N2O4S. The predicted octanol–water partition coefficient (Wildman–Crippen LogP) is 5.21. The van der Waals surface area contributed by atoms with Crippen LogP contribution in [0.3, 0.4) is 0 Å². The molecule has 3 aromatic carbocycles. The molecule has 33 heavy (non-hydrogen) atoms. The van der Waals surface area contributed by atoms with Crippen molar-refractivity contribution in [2.45, 2.75) is 23.8 Å². The Kier molecular flexibility index (Phi) is 6.18. The zero-order valence-electron chi connectivity index (χ0n) is 17.9. The molecule has 4 aromatic rings. The molecular weight excluding hydrogens is 436 g/mol. The van der Waals surface area contributed by atoms with Crippen molar-refractivity contribution in [3.8, 4) is 11.1 Å². The second-order valence-electron chi connectivity index (χ2n) is 7.69. The second kappa shape index (κ2) is 9.05. The predicted molar refractivity (Wildman–Crippen MR) is 130 cm³/mol. The number of fused-ring (bicyclic) bond motifs is 1. The van der Waals surface area contributed by atoms with E-state index in [0.717, 1.165) is 9.54 Å². The van der Waals surface area contributed by atoms with Crippen molar-refractivity contribution in [2.24, 2.45) is 5.73 Å². The van der Waals surface area contributed by atoms with E-state index in [-0.39, 0.29) is 16.6 Å². The average molecular weight is 461 g/mol. The number of carboxylic acids is 1. The van der Waals surface area contributed by atoms with Crippen LogP contribution in [0.1, 0.15) is 34.9 Å². The first-order valence-electron chi connectivity index (χ1n) is 10.5. The Bertz CT molecular complexity index is 1440. The molecule has 0 saturated heterocycles. The lowest BCUT2D eigenvalue weighted by Gasteiger charge is -2.17. The molecule has 1 heterocycles. The van der Waals surface area contributed by atoms with E-state index in [1.807, 2.05) is 12.1 Å². The van der Waals surface area contributed by atoms with Crippen molar-refractivity contribution in [2.75, 3.05) is 0 Å². The molecule has 3 N–H and O–H groups in total. The first kappa shape index (κ1) is 22.5. The smallest absolute Gasteiger partial charge is 0.354 e. The highest BCUT2D eigenvalue weighted by atomic mass is 32.2. The van der Waals surface area contributed by atoms with Crippen molar-refractivity contribution in [1.82, 2.24) is 3.97 Å². The lowest BCUT2D eigenvalue weighted by atomic mass is 9.91. The summed E-state index contributed by atoms with van der Waals surface area (Å²) in [6.45, 7) is 3.74. The third kappa shape index (κ3) is 3.97. The Labute approximate surface area is 192 Å². The Balaban J connectivity index is 2.09. The van der Waals surface area contributed by atoms with Gasteiger partial charge < -0.3 is 10.8 Å². The molecule has 0 fully saturated rings. The first-order valence-corrected chi connectivity index (χ1v) is 11.9. The van der Waals surface area contributed by atoms with Crippen LogP contribution >= 0.6 is 0 Å². The van der Waals surface area contributed by atoms with Crippen LogP contribution in [0, 0.1) is 0 Å². The van der Waals surface area contributed by atoms with E-state index in [1.54, 1.807) is 60.7 Å². The van der Waals surface area contributed by atoms with Gasteiger partial charge in [-0.2, -0.15) is 0 Å². The number of carboxylic acid groups (broad SMARTS) is 1. The standard InChI is InChI=1S/C26H24N2O4S/c1-2-3-16-22(27)19-13-7-8-14-20(19)24-21-15-9-10-17-23(21)28(25(24)26(29)30)33(31,32)18-11-5-4-6-12-18/h2,4-15,17,22H,1,3,16,27H2,(H,29,30)/t22-/m1/s1. The number of hydrogen-bond donors (Lipinski definition) is 2. The first-order chi connectivity index (χ1) is 15.9. The van der Waals surface area contributed by atoms with Gasteiger partial charge in [-0.25, -0.2) is 17.2 Å². The van der Waals surface area contributed by atoms with Crippen LogP contribution < -0.4 is 5.73 Å². The number of para-hydroxylation sites is 1. The largest absolute Gasteiger partial charge is 0.477 e. The number of aromatic nitrogens is 1. The quantitative estimate of drug-likeness (QED) is 0.352. The van der Waals surface area contributed by atoms with Crippen LogP contribution in [0.15, 0.2) is 96.4 Å². The molecule has 6 nitrogen and oxygen atoms in total. The number of benzene rings is 3. The average Bonchev–Trinajstić information content (AvgIpc) is 3.19. The zero-order valence-corrected chi connectivity index (χ0v) is 18.7. The molecule has 0 aliphatic rings. The fourth-order valence-electron chi connectivity index (χ4n) is 4.13. The third-order valence-electron chi connectivity index (χ3n) is 5.63. The SMILES string of the molecule is C=CCC[C@@H](N)c1ccccc1-c1c(C(=O)O)n(S(=O)(=O)c2ccccc2)c2ccccc12. The number of nitrogens with two attached hydrogens (primary N) is 1. The molecule has 1 atom stereocenters. The fraction of sp³-hybridized carbons (Fsp3) is 0.115. The third-order valence-corrected chi connectivity index (χ3v) is 7.36. The molecule has 4 rings (SSSR count). The van der Waals surface area contributed by atoms with E-state index in [1.165, 1.54) is 12.1 Å². The van der Waals surface area contributed by atoms with Crippen LogP contribution in [-0.2, 0) is 10.0 Å². The minimum Gasteiger partial charge on any atom is -0.477 e. The van der Waals surface area contributed by atoms with Crippen molar-refractivity contribution in [3.63, 3.8) is 0 Å². The van der Waals surface area contributed by atoms with Crippen LogP contribution in [0.4, 0.5) is 0 Å². The molecule has 0 aliphatic heterocycles. The van der Waals surface area contributed by atoms with Gasteiger partial charge in [0, 0.05) is 17.0 Å². The highest BCUT2D eigenvalue weighted by Gasteiger charge is 2.32. The number of hydrogen-bond acceptors (Lipinski definition) is 4. The molecule has 7 heteroatoms. The topological polar surface area (TPSA) is 102 Å². The summed E-state index contributed by atoms with van der Waals surface area (Å²) in [5.74, 6) is -1.34. The molecule has 0 spiro atoms. The molecule has 0 aliphatic carbocycles. The Morgan fingerprint density at radius 1 is 1.00 bits per heavy atom. The van der Waals surface area contributed by atoms with Gasteiger partial charge in [-0.1, -0.05) is 66.7 Å². The molecule has 0 radical (unpaired) electrons. The van der Waals surface area contributed by atoms with Gasteiger partial charge in [0.25, 0.3) is 10.0 Å². The van der Waals surface area contributed by atoms with Gasteiger partial charge in [0.2, 0.25) is 0 Å². The van der Waals surface area contributed by atoms with Crippen molar-refractivity contribution in [1.29, 1.82) is 0 Å². The minimum absolute atomic E-state index is 0.00997. The van der Waals surface area contributed by atoms with E-state index < -0.39 is 16.0 Å². The molecule has 0 bridgehead atoms. The van der Waals surface area contributed by atoms with Crippen molar-refractivity contribution < 1.29 is 18.3 Å². The van der Waals surface area contributed by atoms with Gasteiger partial charge in [-0.05, 0) is 42.2 Å². The number of rotatable bonds is 8. The van der Waals surface area contributed by atoms with E-state index >= 15 is 0 Å². The maximum Gasteiger partial charge on any atom is 0.354 e. The van der Waals surface area contributed by atoms with Gasteiger partial charge in [0.15, 0.2) is 5.69 Å². The number of nitrogens with zero attached hydrogens (tertiary/aromatic N) is 1. The Morgan fingerprint density at radius 3 is 2.33 bits per heavy atom. The summed E-state index contributed by atoms with van der Waals surface area (Å²) in [6, 6.07) is 21.5. The summed E-state index contributed by atoms with van der Waals surface area (Å²) < 4.78 is 28.2. The van der Waals surface area contributed by atoms with Gasteiger partial charge in [-0.3, -0.25) is 0 Å². The highest BCUT2D eigenvalue weighted by Crippen LogP contribution is 2.40. The summed E-state index contributed by atoms with van der Waals surface area (Å²) in [7, 11) is -4.18. The van der Waals surface area contributed by atoms with Gasteiger partial charge >= 0.3 is 5.97 Å². The van der Waals surface area contributed by atoms with E-state index in [0.29, 0.717) is 34.9 Å². The van der Waals surface area contributed by atoms with Gasteiger partial charge in [-0.15, -0.1) is 6.58 Å². The maximum absolute atomic E-state index is 13.6. The summed E-state index contributed by atoms with van der Waals surface area (Å²) >= 11 is 0. The van der Waals surface area contributed by atoms with Crippen molar-refractivity contribution in [3.05, 3.63) is 103 Å². The normalized spacial score (nSPS) is 12.5. The van der Waals surface area contributed by atoms with Crippen LogP contribution in [-0.4, -0.2) is 23.5 Å². The number of aromatic carboxylic acids is 1. The van der Waals surface area contributed by atoms with E-state index in [4.69, 9.17) is 5.73 Å². The molecule has 0 saturated carbocycles. The van der Waals surface area contributed by atoms with Crippen LogP contribution in [0.25, 0.3) is 22.0 Å². The van der Waals surface area contributed by atoms with Crippen LogP contribution in [0.2, 0.25) is 0 Å². The zero-order chi connectivity index (χ0) is 23.6. The summed E-state index contributed by atoms with van der Waals surface area (Å²) in [5.41, 5.74) is 8.12. The van der Waals surface area contributed by atoms with Crippen LogP contribution in [0.5, 0.6) is 0 Å². The van der Waals surface area contributed by atoms with E-state index in [2.05, 4.69) is 6.58 Å². The van der Waals surface area contributed by atoms with Gasteiger partial charge in [0.1, 0.15) is 0 Å². The molecule has 0 amide bonds. The molecule has 1 aromatic heterocycles. The number of allylic oxidation sites excluding steroid dienone is 1. The van der Waals surface area contributed by atoms with Crippen molar-refractivity contribution >= 4 is 26.9 Å². The Hall–Kier alpha value is -3.68. The summed E-state index contributed by atoms with van der Waals surface area (Å²) in [4.78, 5) is 12.6. The second-order valence-corrected chi connectivity index (χ2v) is 9.47. The lowest BCUT2D eigenvalue weighted by Crippen LogP contribution is -2.19. The maximum atomic E-state index is 13.6. The monoisotopic (exact) mass is 460 g/mol. The Morgan fingerprint density at radius 2 is 1.64 bits per heavy atom. The minimum atomic E-state index is -4.18. The molecule has 168 valence electrons. The number of carbonyl (C=O) groups is 1. The van der Waals surface area contributed by atoms with Gasteiger partial charge in [0.05, 0.1) is 10.4 Å². The lowest BCUT2D eigenvalue weighted by molar-refractivity contribution is 0.0690. The highest BCUT2D eigenvalue weighted by molar-refractivity contribution is 7.90. The summed E-state index contributed by atoms with van der Waals surface area (Å²) in [6.07, 6.45) is 3.11. The fourth-order valence-corrected chi connectivity index (χ4v) is 5.67. The van der Waals surface area contributed by atoms with E-state index in [9.17, 15) is 18.3 Å².